The van der Waals surface area contributed by atoms with E-state index in [0.29, 0.717) is 34.9 Å². The summed E-state index contributed by atoms with van der Waals surface area (Å²) in [5.74, 6) is -3.62. The van der Waals surface area contributed by atoms with Crippen LogP contribution < -0.4 is 10.6 Å². The third kappa shape index (κ3) is 4.57. The van der Waals surface area contributed by atoms with E-state index in [9.17, 15) is 18.4 Å². The Bertz CT molecular complexity index is 989. The maximum atomic E-state index is 13.8. The average Bonchev–Trinajstić information content (AvgIpc) is 3.43. The summed E-state index contributed by atoms with van der Waals surface area (Å²) in [6.07, 6.45) is -0.422. The Balaban J connectivity index is 1.47. The maximum Gasteiger partial charge on any atom is 0.255 e. The summed E-state index contributed by atoms with van der Waals surface area (Å²) in [5.41, 5.74) is 0.122. The molecule has 2 atom stereocenters. The minimum absolute atomic E-state index is 0.0457. The second-order valence-electron chi connectivity index (χ2n) is 8.14. The van der Waals surface area contributed by atoms with Crippen molar-refractivity contribution in [2.75, 3.05) is 11.9 Å². The molecule has 0 saturated heterocycles. The summed E-state index contributed by atoms with van der Waals surface area (Å²) in [5, 5.41) is 6.05. The highest BCUT2D eigenvalue weighted by Gasteiger charge is 2.62. The molecule has 0 radical (unpaired) electrons. The highest BCUT2D eigenvalue weighted by molar-refractivity contribution is 6.31. The van der Waals surface area contributed by atoms with Crippen LogP contribution in [0.15, 0.2) is 48.5 Å². The number of anilines is 1. The number of amides is 2. The van der Waals surface area contributed by atoms with Crippen LogP contribution in [0, 0.1) is 0 Å². The summed E-state index contributed by atoms with van der Waals surface area (Å²) in [4.78, 5) is 25.3. The minimum Gasteiger partial charge on any atom is -0.376 e. The molecule has 0 aliphatic heterocycles. The van der Waals surface area contributed by atoms with Crippen LogP contribution in [-0.2, 0) is 14.9 Å². The Morgan fingerprint density at radius 3 is 2.48 bits per heavy atom. The molecule has 2 aliphatic carbocycles. The van der Waals surface area contributed by atoms with Gasteiger partial charge >= 0.3 is 0 Å². The van der Waals surface area contributed by atoms with E-state index in [1.807, 2.05) is 6.92 Å². The van der Waals surface area contributed by atoms with Crippen LogP contribution in [-0.4, -0.2) is 36.5 Å². The van der Waals surface area contributed by atoms with Gasteiger partial charge in [0.15, 0.2) is 0 Å². The standard InChI is InChI=1S/C23H23ClF2N2O3/c1-2-31-19-11-18(19)28-21(30)22(12-23(25,26)13-22)15-6-8-17(9-7-15)27-20(29)14-4-3-5-16(24)10-14/h3-10,18-19H,2,11-13H2,1H3,(H,27,29)(H,28,30)/t18-,19-/m0/s1. The molecule has 2 N–H and O–H groups in total. The Labute approximate surface area is 184 Å². The van der Waals surface area contributed by atoms with Gasteiger partial charge in [0.1, 0.15) is 0 Å². The first-order valence-electron chi connectivity index (χ1n) is 10.2. The molecule has 0 aromatic heterocycles. The van der Waals surface area contributed by atoms with Gasteiger partial charge in [-0.3, -0.25) is 9.59 Å². The van der Waals surface area contributed by atoms with E-state index < -0.39 is 30.1 Å². The summed E-state index contributed by atoms with van der Waals surface area (Å²) in [6, 6.07) is 12.9. The molecule has 0 unspecified atom stereocenters. The topological polar surface area (TPSA) is 67.4 Å². The summed E-state index contributed by atoms with van der Waals surface area (Å²) < 4.78 is 33.1. The quantitative estimate of drug-likeness (QED) is 0.652. The first-order valence-corrected chi connectivity index (χ1v) is 10.6. The van der Waals surface area contributed by atoms with Gasteiger partial charge in [0.25, 0.3) is 11.8 Å². The fourth-order valence-corrected chi connectivity index (χ4v) is 4.25. The zero-order valence-electron chi connectivity index (χ0n) is 17.0. The van der Waals surface area contributed by atoms with Crippen LogP contribution in [0.5, 0.6) is 0 Å². The molecule has 0 bridgehead atoms. The largest absolute Gasteiger partial charge is 0.376 e. The number of hydrogen-bond donors (Lipinski definition) is 2. The number of halogens is 3. The third-order valence-corrected chi connectivity index (χ3v) is 6.00. The molecule has 8 heteroatoms. The van der Waals surface area contributed by atoms with Crippen molar-refractivity contribution >= 4 is 29.1 Å². The van der Waals surface area contributed by atoms with E-state index in [-0.39, 0.29) is 18.1 Å². The molecule has 0 heterocycles. The number of alkyl halides is 2. The zero-order chi connectivity index (χ0) is 22.2. The smallest absolute Gasteiger partial charge is 0.255 e. The number of rotatable bonds is 7. The number of carbonyl (C=O) groups excluding carboxylic acids is 2. The van der Waals surface area contributed by atoms with Crippen molar-refractivity contribution < 1.29 is 23.1 Å². The van der Waals surface area contributed by atoms with E-state index in [1.165, 1.54) is 0 Å². The van der Waals surface area contributed by atoms with Gasteiger partial charge in [0.05, 0.1) is 17.6 Å². The lowest BCUT2D eigenvalue weighted by Gasteiger charge is -2.46. The van der Waals surface area contributed by atoms with Gasteiger partial charge in [-0.25, -0.2) is 8.78 Å². The van der Waals surface area contributed by atoms with Crippen LogP contribution >= 0.6 is 11.6 Å². The normalized spacial score (nSPS) is 22.8. The highest BCUT2D eigenvalue weighted by atomic mass is 35.5. The van der Waals surface area contributed by atoms with Gasteiger partial charge in [-0.2, -0.15) is 0 Å². The van der Waals surface area contributed by atoms with Crippen molar-refractivity contribution in [1.29, 1.82) is 0 Å². The van der Waals surface area contributed by atoms with Crippen LogP contribution in [0.2, 0.25) is 5.02 Å². The number of benzene rings is 2. The molecule has 31 heavy (non-hydrogen) atoms. The SMILES string of the molecule is CCO[C@H]1C[C@@H]1NC(=O)C1(c2ccc(NC(=O)c3cccc(Cl)c3)cc2)CC(F)(F)C1. The average molecular weight is 449 g/mol. The number of nitrogens with one attached hydrogen (secondary N) is 2. The molecule has 2 aliphatic rings. The van der Waals surface area contributed by atoms with Crippen LogP contribution in [0.25, 0.3) is 0 Å². The molecular formula is C23H23ClF2N2O3. The van der Waals surface area contributed by atoms with E-state index in [0.717, 1.165) is 0 Å². The minimum atomic E-state index is -2.88. The van der Waals surface area contributed by atoms with Crippen molar-refractivity contribution in [2.45, 2.75) is 49.7 Å². The van der Waals surface area contributed by atoms with E-state index in [2.05, 4.69) is 10.6 Å². The molecule has 2 saturated carbocycles. The van der Waals surface area contributed by atoms with Crippen LogP contribution in [0.1, 0.15) is 42.1 Å². The second kappa shape index (κ2) is 8.20. The van der Waals surface area contributed by atoms with Gasteiger partial charge < -0.3 is 15.4 Å². The fraction of sp³-hybridized carbons (Fsp3) is 0.391. The van der Waals surface area contributed by atoms with Crippen molar-refractivity contribution in [3.8, 4) is 0 Å². The summed E-state index contributed by atoms with van der Waals surface area (Å²) in [7, 11) is 0. The van der Waals surface area contributed by atoms with Crippen LogP contribution in [0.3, 0.4) is 0 Å². The molecular weight excluding hydrogens is 426 g/mol. The Hall–Kier alpha value is -2.51. The van der Waals surface area contributed by atoms with E-state index in [1.54, 1.807) is 48.5 Å². The fourth-order valence-electron chi connectivity index (χ4n) is 4.06. The number of carbonyl (C=O) groups is 2. The maximum absolute atomic E-state index is 13.8. The van der Waals surface area contributed by atoms with E-state index >= 15 is 0 Å². The third-order valence-electron chi connectivity index (χ3n) is 5.77. The Morgan fingerprint density at radius 2 is 1.87 bits per heavy atom. The van der Waals surface area contributed by atoms with Crippen molar-refractivity contribution in [2.24, 2.45) is 0 Å². The summed E-state index contributed by atoms with van der Waals surface area (Å²) >= 11 is 5.92. The zero-order valence-corrected chi connectivity index (χ0v) is 17.7. The lowest BCUT2D eigenvalue weighted by Crippen LogP contribution is -2.58. The lowest BCUT2D eigenvalue weighted by molar-refractivity contribution is -0.159. The summed E-state index contributed by atoms with van der Waals surface area (Å²) in [6.45, 7) is 2.42. The molecule has 164 valence electrons. The van der Waals surface area contributed by atoms with Crippen LogP contribution in [0.4, 0.5) is 14.5 Å². The Kier molecular flexibility index (Phi) is 5.75. The van der Waals surface area contributed by atoms with Gasteiger partial charge in [0.2, 0.25) is 5.91 Å². The molecule has 2 amide bonds. The lowest BCUT2D eigenvalue weighted by atomic mass is 9.61. The molecule has 2 aromatic rings. The van der Waals surface area contributed by atoms with E-state index in [4.69, 9.17) is 16.3 Å². The van der Waals surface area contributed by atoms with Gasteiger partial charge in [-0.15, -0.1) is 0 Å². The van der Waals surface area contributed by atoms with Crippen molar-refractivity contribution in [1.82, 2.24) is 5.32 Å². The van der Waals surface area contributed by atoms with Gasteiger partial charge in [0, 0.05) is 35.7 Å². The Morgan fingerprint density at radius 1 is 1.16 bits per heavy atom. The predicted octanol–water partition coefficient (Wildman–Crippen LogP) is 4.55. The molecule has 5 nitrogen and oxygen atoms in total. The first-order chi connectivity index (χ1) is 14.7. The van der Waals surface area contributed by atoms with Gasteiger partial charge in [-0.1, -0.05) is 29.8 Å². The van der Waals surface area contributed by atoms with Gasteiger partial charge in [-0.05, 0) is 49.2 Å². The van der Waals surface area contributed by atoms with Crippen molar-refractivity contribution in [3.05, 3.63) is 64.7 Å². The molecule has 4 rings (SSSR count). The second-order valence-corrected chi connectivity index (χ2v) is 8.58. The first kappa shape index (κ1) is 21.7. The van der Waals surface area contributed by atoms with Crippen molar-refractivity contribution in [3.63, 3.8) is 0 Å². The predicted molar refractivity (Wildman–Crippen MR) is 114 cm³/mol. The molecule has 2 aromatic carbocycles. The number of ether oxygens (including phenoxy) is 1. The monoisotopic (exact) mass is 448 g/mol. The molecule has 0 spiro atoms. The molecule has 2 fully saturated rings. The highest BCUT2D eigenvalue weighted by Crippen LogP contribution is 2.54. The number of hydrogen-bond acceptors (Lipinski definition) is 3.